The molecule has 0 radical (unpaired) electrons. The molecular formula is C19H21FO. The normalized spacial score (nSPS) is 11.4. The van der Waals surface area contributed by atoms with Crippen LogP contribution < -0.4 is 0 Å². The van der Waals surface area contributed by atoms with E-state index in [-0.39, 0.29) is 11.6 Å². The maximum absolute atomic E-state index is 13.6. The van der Waals surface area contributed by atoms with Crippen molar-refractivity contribution in [3.05, 3.63) is 71.0 Å². The van der Waals surface area contributed by atoms with E-state index in [2.05, 4.69) is 0 Å². The summed E-state index contributed by atoms with van der Waals surface area (Å²) >= 11 is 0. The van der Waals surface area contributed by atoms with Crippen molar-refractivity contribution in [2.24, 2.45) is 0 Å². The van der Waals surface area contributed by atoms with Gasteiger partial charge in [0, 0.05) is 5.56 Å². The third kappa shape index (κ3) is 2.76. The maximum Gasteiger partial charge on any atom is 0.173 e. The highest BCUT2D eigenvalue weighted by atomic mass is 19.1. The van der Waals surface area contributed by atoms with Gasteiger partial charge in [0.1, 0.15) is 5.82 Å². The van der Waals surface area contributed by atoms with Crippen molar-refractivity contribution in [3.8, 4) is 0 Å². The number of hydrogen-bond acceptors (Lipinski definition) is 1. The highest BCUT2D eigenvalue weighted by molar-refractivity contribution is 6.05. The molecule has 2 aromatic carbocycles. The number of halogens is 1. The fraction of sp³-hybridized carbons (Fsp3) is 0.316. The molecule has 0 spiro atoms. The van der Waals surface area contributed by atoms with Crippen molar-refractivity contribution in [2.45, 2.75) is 39.0 Å². The fourth-order valence-electron chi connectivity index (χ4n) is 2.96. The molecule has 2 heteroatoms. The van der Waals surface area contributed by atoms with Gasteiger partial charge in [-0.25, -0.2) is 4.39 Å². The first-order valence-corrected chi connectivity index (χ1v) is 7.41. The zero-order valence-electron chi connectivity index (χ0n) is 12.8. The van der Waals surface area contributed by atoms with Gasteiger partial charge in [-0.15, -0.1) is 0 Å². The van der Waals surface area contributed by atoms with Crippen molar-refractivity contribution >= 4 is 5.78 Å². The lowest BCUT2D eigenvalue weighted by Crippen LogP contribution is -2.35. The quantitative estimate of drug-likeness (QED) is 0.700. The Kier molecular flexibility index (Phi) is 4.56. The van der Waals surface area contributed by atoms with E-state index in [1.54, 1.807) is 6.07 Å². The third-order valence-corrected chi connectivity index (χ3v) is 4.41. The fourth-order valence-corrected chi connectivity index (χ4v) is 2.96. The number of ketones is 1. The zero-order valence-corrected chi connectivity index (χ0v) is 12.8. The van der Waals surface area contributed by atoms with Crippen LogP contribution in [0.4, 0.5) is 4.39 Å². The van der Waals surface area contributed by atoms with Crippen LogP contribution in [0, 0.1) is 12.7 Å². The number of hydrogen-bond donors (Lipinski definition) is 0. The molecule has 0 saturated carbocycles. The Balaban J connectivity index is 2.57. The number of Topliss-reactive ketones (excluding diaryl/α,β-unsaturated/α-hetero) is 1. The minimum absolute atomic E-state index is 0.00991. The summed E-state index contributed by atoms with van der Waals surface area (Å²) in [4.78, 5) is 13.1. The van der Waals surface area contributed by atoms with Crippen molar-refractivity contribution < 1.29 is 9.18 Å². The van der Waals surface area contributed by atoms with Crippen molar-refractivity contribution in [1.82, 2.24) is 0 Å². The van der Waals surface area contributed by atoms with Gasteiger partial charge < -0.3 is 0 Å². The monoisotopic (exact) mass is 284 g/mol. The van der Waals surface area contributed by atoms with Gasteiger partial charge in [-0.1, -0.05) is 50.2 Å². The van der Waals surface area contributed by atoms with Crippen LogP contribution in [0.5, 0.6) is 0 Å². The lowest BCUT2D eigenvalue weighted by atomic mass is 9.70. The van der Waals surface area contributed by atoms with Crippen LogP contribution in [-0.4, -0.2) is 5.78 Å². The molecule has 0 unspecified atom stereocenters. The van der Waals surface area contributed by atoms with Crippen LogP contribution in [0.2, 0.25) is 0 Å². The minimum atomic E-state index is -0.584. The standard InChI is InChI=1S/C19H21FO/c1-4-19(5-2,15-9-7-6-8-10-15)18(21)17-13-16(20)12-11-14(17)3/h6-13H,4-5H2,1-3H3. The molecule has 0 fully saturated rings. The lowest BCUT2D eigenvalue weighted by molar-refractivity contribution is 0.0871. The predicted octanol–water partition coefficient (Wildman–Crippen LogP) is 5.07. The molecule has 0 aromatic heterocycles. The second-order valence-corrected chi connectivity index (χ2v) is 5.44. The Morgan fingerprint density at radius 2 is 1.67 bits per heavy atom. The van der Waals surface area contributed by atoms with Gasteiger partial charge in [-0.05, 0) is 43.0 Å². The number of rotatable bonds is 5. The van der Waals surface area contributed by atoms with Gasteiger partial charge in [0.15, 0.2) is 5.78 Å². The van der Waals surface area contributed by atoms with E-state index in [0.29, 0.717) is 18.4 Å². The summed E-state index contributed by atoms with van der Waals surface area (Å²) in [6.45, 7) is 5.89. The summed E-state index contributed by atoms with van der Waals surface area (Å²) in [5.74, 6) is -0.353. The second kappa shape index (κ2) is 6.21. The number of carbonyl (C=O) groups excluding carboxylic acids is 1. The molecule has 0 aliphatic heterocycles. The summed E-state index contributed by atoms with van der Waals surface area (Å²) in [5.41, 5.74) is 1.73. The van der Waals surface area contributed by atoms with E-state index in [4.69, 9.17) is 0 Å². The smallest absolute Gasteiger partial charge is 0.173 e. The molecule has 0 saturated heterocycles. The number of aryl methyl sites for hydroxylation is 1. The largest absolute Gasteiger partial charge is 0.293 e. The van der Waals surface area contributed by atoms with Crippen LogP contribution in [0.25, 0.3) is 0 Å². The zero-order chi connectivity index (χ0) is 15.5. The highest BCUT2D eigenvalue weighted by Gasteiger charge is 2.37. The topological polar surface area (TPSA) is 17.1 Å². The van der Waals surface area contributed by atoms with E-state index in [9.17, 15) is 9.18 Å². The van der Waals surface area contributed by atoms with E-state index >= 15 is 0 Å². The minimum Gasteiger partial charge on any atom is -0.293 e. The first-order chi connectivity index (χ1) is 10.0. The Hall–Kier alpha value is -1.96. The van der Waals surface area contributed by atoms with Gasteiger partial charge in [-0.3, -0.25) is 4.79 Å². The molecule has 110 valence electrons. The Labute approximate surface area is 125 Å². The summed E-state index contributed by atoms with van der Waals surface area (Å²) < 4.78 is 13.6. The molecule has 0 aliphatic carbocycles. The van der Waals surface area contributed by atoms with Crippen LogP contribution in [0.15, 0.2) is 48.5 Å². The highest BCUT2D eigenvalue weighted by Crippen LogP contribution is 2.36. The molecule has 1 nitrogen and oxygen atoms in total. The summed E-state index contributed by atoms with van der Waals surface area (Å²) in [6, 6.07) is 14.2. The van der Waals surface area contributed by atoms with E-state index in [1.807, 2.05) is 51.1 Å². The van der Waals surface area contributed by atoms with Gasteiger partial charge in [-0.2, -0.15) is 0 Å². The average molecular weight is 284 g/mol. The first-order valence-electron chi connectivity index (χ1n) is 7.41. The van der Waals surface area contributed by atoms with Gasteiger partial charge >= 0.3 is 0 Å². The molecule has 0 N–H and O–H groups in total. The van der Waals surface area contributed by atoms with Crippen LogP contribution in [0.1, 0.15) is 48.2 Å². The molecule has 0 amide bonds. The van der Waals surface area contributed by atoms with Crippen molar-refractivity contribution in [1.29, 1.82) is 0 Å². The summed E-state index contributed by atoms with van der Waals surface area (Å²) in [5, 5.41) is 0. The van der Waals surface area contributed by atoms with E-state index in [1.165, 1.54) is 12.1 Å². The van der Waals surface area contributed by atoms with Crippen LogP contribution >= 0.6 is 0 Å². The molecule has 0 heterocycles. The molecule has 2 aromatic rings. The van der Waals surface area contributed by atoms with E-state index in [0.717, 1.165) is 11.1 Å². The first kappa shape index (κ1) is 15.4. The van der Waals surface area contributed by atoms with Crippen LogP contribution in [-0.2, 0) is 5.41 Å². The third-order valence-electron chi connectivity index (χ3n) is 4.41. The second-order valence-electron chi connectivity index (χ2n) is 5.44. The Morgan fingerprint density at radius 1 is 1.05 bits per heavy atom. The van der Waals surface area contributed by atoms with E-state index < -0.39 is 5.41 Å². The van der Waals surface area contributed by atoms with Crippen molar-refractivity contribution in [3.63, 3.8) is 0 Å². The molecule has 0 atom stereocenters. The molecule has 0 aliphatic rings. The predicted molar refractivity (Wildman–Crippen MR) is 84.2 cm³/mol. The SMILES string of the molecule is CCC(CC)(C(=O)c1cc(F)ccc1C)c1ccccc1. The van der Waals surface area contributed by atoms with Gasteiger partial charge in [0.2, 0.25) is 0 Å². The van der Waals surface area contributed by atoms with Gasteiger partial charge in [0.05, 0.1) is 5.41 Å². The van der Waals surface area contributed by atoms with Crippen molar-refractivity contribution in [2.75, 3.05) is 0 Å². The molecular weight excluding hydrogens is 263 g/mol. The number of carbonyl (C=O) groups is 1. The molecule has 2 rings (SSSR count). The summed E-state index contributed by atoms with van der Waals surface area (Å²) in [7, 11) is 0. The van der Waals surface area contributed by atoms with Crippen LogP contribution in [0.3, 0.4) is 0 Å². The maximum atomic E-state index is 13.6. The Morgan fingerprint density at radius 3 is 2.24 bits per heavy atom. The average Bonchev–Trinajstić information content (AvgIpc) is 2.52. The molecule has 21 heavy (non-hydrogen) atoms. The number of benzene rings is 2. The van der Waals surface area contributed by atoms with Gasteiger partial charge in [0.25, 0.3) is 0 Å². The Bertz CT molecular complexity index is 627. The lowest BCUT2D eigenvalue weighted by Gasteiger charge is -2.31. The summed E-state index contributed by atoms with van der Waals surface area (Å²) in [6.07, 6.45) is 1.39. The molecule has 0 bridgehead atoms.